The Balaban J connectivity index is 0.00000300. The molecule has 1 fully saturated rings. The molecular formula is C19H19BrClF4NO3. The Morgan fingerprint density at radius 2 is 1.79 bits per heavy atom. The summed E-state index contributed by atoms with van der Waals surface area (Å²) in [6, 6.07) is 5.71. The number of halogens is 6. The zero-order chi connectivity index (χ0) is 20.3. The van der Waals surface area contributed by atoms with E-state index in [9.17, 15) is 22.7 Å². The number of rotatable bonds is 6. The third-order valence-corrected chi connectivity index (χ3v) is 4.78. The zero-order valence-electron chi connectivity index (χ0n) is 15.1. The summed E-state index contributed by atoms with van der Waals surface area (Å²) in [6.45, 7) is 1.07. The Morgan fingerprint density at radius 1 is 1.10 bits per heavy atom. The van der Waals surface area contributed by atoms with Crippen molar-refractivity contribution in [2.24, 2.45) is 0 Å². The highest BCUT2D eigenvalue weighted by molar-refractivity contribution is 9.10. The van der Waals surface area contributed by atoms with Crippen molar-refractivity contribution in [2.75, 3.05) is 32.8 Å². The van der Waals surface area contributed by atoms with E-state index >= 15 is 0 Å². The molecule has 1 aliphatic heterocycles. The second kappa shape index (κ2) is 10.6. The van der Waals surface area contributed by atoms with Crippen molar-refractivity contribution in [2.45, 2.75) is 12.2 Å². The van der Waals surface area contributed by atoms with Gasteiger partial charge < -0.3 is 14.6 Å². The molecule has 10 heteroatoms. The van der Waals surface area contributed by atoms with Crippen molar-refractivity contribution < 1.29 is 32.1 Å². The second-order valence-corrected chi connectivity index (χ2v) is 7.37. The predicted octanol–water partition coefficient (Wildman–Crippen LogP) is 4.24. The van der Waals surface area contributed by atoms with Gasteiger partial charge in [-0.15, -0.1) is 12.4 Å². The smallest absolute Gasteiger partial charge is 0.190 e. The molecule has 2 atom stereocenters. The summed E-state index contributed by atoms with van der Waals surface area (Å²) in [5.74, 6) is -4.18. The number of benzene rings is 2. The summed E-state index contributed by atoms with van der Waals surface area (Å²) in [5, 5.41) is 10.2. The van der Waals surface area contributed by atoms with E-state index in [4.69, 9.17) is 9.47 Å². The minimum atomic E-state index is -1.01. The molecule has 2 aromatic rings. The SMILES string of the molecule is Cl.OC(COc1c(F)cc(Br)cc1F)CN1CCOC(c2ccc(F)c(F)c2)C1. The molecule has 3 rings (SSSR count). The summed E-state index contributed by atoms with van der Waals surface area (Å²) < 4.78 is 65.0. The minimum absolute atomic E-state index is 0. The molecule has 29 heavy (non-hydrogen) atoms. The van der Waals surface area contributed by atoms with Crippen molar-refractivity contribution in [1.82, 2.24) is 4.90 Å². The highest BCUT2D eigenvalue weighted by atomic mass is 79.9. The first kappa shape index (κ1) is 23.9. The summed E-state index contributed by atoms with van der Waals surface area (Å²) in [7, 11) is 0. The Morgan fingerprint density at radius 3 is 2.45 bits per heavy atom. The fraction of sp³-hybridized carbons (Fsp3) is 0.368. The van der Waals surface area contributed by atoms with Crippen molar-refractivity contribution >= 4 is 28.3 Å². The van der Waals surface area contributed by atoms with Crippen LogP contribution in [0.5, 0.6) is 5.75 Å². The number of nitrogens with zero attached hydrogens (tertiary/aromatic N) is 1. The first-order valence-corrected chi connectivity index (χ1v) is 9.37. The van der Waals surface area contributed by atoms with Gasteiger partial charge in [0.25, 0.3) is 0 Å². The number of hydrogen-bond donors (Lipinski definition) is 1. The van der Waals surface area contributed by atoms with Crippen LogP contribution in [0.3, 0.4) is 0 Å². The van der Waals surface area contributed by atoms with Gasteiger partial charge in [0.15, 0.2) is 29.0 Å². The standard InChI is InChI=1S/C19H18BrF4NO3.ClH/c20-12-6-16(23)19(17(24)7-12)28-10-13(26)8-25-3-4-27-18(9-25)11-1-2-14(21)15(22)5-11;/h1-2,5-7,13,18,26H,3-4,8-10H2;1H. The van der Waals surface area contributed by atoms with Crippen molar-refractivity contribution in [1.29, 1.82) is 0 Å². The Kier molecular flexibility index (Phi) is 8.72. The van der Waals surface area contributed by atoms with Crippen LogP contribution < -0.4 is 4.74 Å². The molecule has 0 saturated carbocycles. The minimum Gasteiger partial charge on any atom is -0.485 e. The van der Waals surface area contributed by atoms with Gasteiger partial charge in [-0.05, 0) is 29.8 Å². The van der Waals surface area contributed by atoms with Gasteiger partial charge in [-0.25, -0.2) is 17.6 Å². The van der Waals surface area contributed by atoms with Crippen LogP contribution in [0.1, 0.15) is 11.7 Å². The average Bonchev–Trinajstić information content (AvgIpc) is 2.63. The van der Waals surface area contributed by atoms with Crippen LogP contribution in [0.25, 0.3) is 0 Å². The van der Waals surface area contributed by atoms with Crippen LogP contribution in [0.2, 0.25) is 0 Å². The molecule has 1 aliphatic rings. The molecule has 4 nitrogen and oxygen atoms in total. The van der Waals surface area contributed by atoms with Gasteiger partial charge in [-0.1, -0.05) is 22.0 Å². The van der Waals surface area contributed by atoms with E-state index in [1.54, 1.807) is 0 Å². The average molecular weight is 501 g/mol. The topological polar surface area (TPSA) is 41.9 Å². The van der Waals surface area contributed by atoms with Gasteiger partial charge in [-0.2, -0.15) is 0 Å². The Labute approximate surface area is 180 Å². The van der Waals surface area contributed by atoms with Crippen molar-refractivity contribution in [3.63, 3.8) is 0 Å². The molecule has 0 aliphatic carbocycles. The summed E-state index contributed by atoms with van der Waals surface area (Å²) in [6.07, 6.45) is -1.48. The van der Waals surface area contributed by atoms with Crippen LogP contribution in [-0.4, -0.2) is 49.0 Å². The van der Waals surface area contributed by atoms with Gasteiger partial charge in [0.05, 0.1) is 12.7 Å². The number of β-amino-alcohol motifs (C(OH)–C–C–N with tert-alkyl or cyclic N) is 1. The lowest BCUT2D eigenvalue weighted by atomic mass is 10.1. The van der Waals surface area contributed by atoms with Gasteiger partial charge in [0.2, 0.25) is 0 Å². The molecule has 0 amide bonds. The molecule has 0 bridgehead atoms. The lowest BCUT2D eigenvalue weighted by molar-refractivity contribution is -0.0462. The number of aliphatic hydroxyl groups is 1. The van der Waals surface area contributed by atoms with E-state index in [1.807, 2.05) is 4.90 Å². The predicted molar refractivity (Wildman–Crippen MR) is 104 cm³/mol. The first-order chi connectivity index (χ1) is 13.3. The normalized spacial score (nSPS) is 18.2. The van der Waals surface area contributed by atoms with Crippen molar-refractivity contribution in [3.8, 4) is 5.75 Å². The summed E-state index contributed by atoms with van der Waals surface area (Å²) >= 11 is 2.98. The van der Waals surface area contributed by atoms with Crippen molar-refractivity contribution in [3.05, 3.63) is 63.6 Å². The lowest BCUT2D eigenvalue weighted by Crippen LogP contribution is -2.43. The third-order valence-electron chi connectivity index (χ3n) is 4.32. The Hall–Kier alpha value is -1.39. The highest BCUT2D eigenvalue weighted by Crippen LogP contribution is 2.27. The molecule has 0 radical (unpaired) electrons. The lowest BCUT2D eigenvalue weighted by Gasteiger charge is -2.34. The quantitative estimate of drug-likeness (QED) is 0.603. The molecule has 1 saturated heterocycles. The maximum Gasteiger partial charge on any atom is 0.190 e. The molecule has 0 aromatic heterocycles. The van der Waals surface area contributed by atoms with E-state index < -0.39 is 41.2 Å². The van der Waals surface area contributed by atoms with Gasteiger partial charge >= 0.3 is 0 Å². The number of aliphatic hydroxyl groups excluding tert-OH is 1. The largest absolute Gasteiger partial charge is 0.485 e. The van der Waals surface area contributed by atoms with Crippen LogP contribution >= 0.6 is 28.3 Å². The number of ether oxygens (including phenoxy) is 2. The Bertz CT molecular complexity index is 822. The van der Waals surface area contributed by atoms with E-state index in [2.05, 4.69) is 15.9 Å². The zero-order valence-corrected chi connectivity index (χ0v) is 17.5. The van der Waals surface area contributed by atoms with E-state index in [1.165, 1.54) is 6.07 Å². The fourth-order valence-corrected chi connectivity index (χ4v) is 3.38. The highest BCUT2D eigenvalue weighted by Gasteiger charge is 2.25. The first-order valence-electron chi connectivity index (χ1n) is 8.58. The molecule has 1 N–H and O–H groups in total. The van der Waals surface area contributed by atoms with Crippen LogP contribution in [0.15, 0.2) is 34.8 Å². The molecule has 2 unspecified atom stereocenters. The van der Waals surface area contributed by atoms with Gasteiger partial charge in [0.1, 0.15) is 12.7 Å². The molecule has 160 valence electrons. The fourth-order valence-electron chi connectivity index (χ4n) is 2.98. The maximum absolute atomic E-state index is 13.8. The summed E-state index contributed by atoms with van der Waals surface area (Å²) in [4.78, 5) is 1.86. The summed E-state index contributed by atoms with van der Waals surface area (Å²) in [5.41, 5.74) is 0.494. The molecular weight excluding hydrogens is 482 g/mol. The van der Waals surface area contributed by atoms with Crippen LogP contribution in [0.4, 0.5) is 17.6 Å². The van der Waals surface area contributed by atoms with Gasteiger partial charge in [0, 0.05) is 24.1 Å². The number of hydrogen-bond acceptors (Lipinski definition) is 4. The van der Waals surface area contributed by atoms with Gasteiger partial charge in [-0.3, -0.25) is 4.90 Å². The molecule has 2 aromatic carbocycles. The number of morpholine rings is 1. The maximum atomic E-state index is 13.8. The van der Waals surface area contributed by atoms with Crippen LogP contribution in [0, 0.1) is 23.3 Å². The van der Waals surface area contributed by atoms with E-state index in [-0.39, 0.29) is 30.0 Å². The molecule has 1 heterocycles. The van der Waals surface area contributed by atoms with E-state index in [0.717, 1.165) is 24.3 Å². The monoisotopic (exact) mass is 499 g/mol. The van der Waals surface area contributed by atoms with Crippen LogP contribution in [-0.2, 0) is 4.74 Å². The molecule has 0 spiro atoms. The second-order valence-electron chi connectivity index (χ2n) is 6.46. The third kappa shape index (κ3) is 6.29. The van der Waals surface area contributed by atoms with E-state index in [0.29, 0.717) is 25.3 Å².